The van der Waals surface area contributed by atoms with Gasteiger partial charge in [0, 0.05) is 17.0 Å². The van der Waals surface area contributed by atoms with Gasteiger partial charge in [-0.2, -0.15) is 0 Å². The minimum absolute atomic E-state index is 0.00638. The first-order chi connectivity index (χ1) is 11.6. The number of amides is 1. The Kier molecular flexibility index (Phi) is 6.94. The second-order valence-electron chi connectivity index (χ2n) is 5.44. The molecule has 5 heteroatoms. The monoisotopic (exact) mass is 347 g/mol. The van der Waals surface area contributed by atoms with Crippen LogP contribution in [0.15, 0.2) is 48.5 Å². The normalized spacial score (nSPS) is 11.6. The number of halogens is 1. The summed E-state index contributed by atoms with van der Waals surface area (Å²) in [7, 11) is 1.63. The molecule has 0 bridgehead atoms. The average molecular weight is 348 g/mol. The van der Waals surface area contributed by atoms with Crippen molar-refractivity contribution in [1.82, 2.24) is 5.32 Å². The minimum atomic E-state index is -0.106. The Hall–Kier alpha value is -2.20. The van der Waals surface area contributed by atoms with Gasteiger partial charge in [-0.1, -0.05) is 29.8 Å². The predicted octanol–water partition coefficient (Wildman–Crippen LogP) is 4.39. The number of carbonyl (C=O) groups is 1. The average Bonchev–Trinajstić information content (AvgIpc) is 2.60. The molecule has 0 aliphatic heterocycles. The number of benzene rings is 2. The van der Waals surface area contributed by atoms with Crippen molar-refractivity contribution in [3.05, 3.63) is 59.1 Å². The lowest BCUT2D eigenvalue weighted by Crippen LogP contribution is -2.27. The first kappa shape index (κ1) is 18.1. The van der Waals surface area contributed by atoms with Gasteiger partial charge in [0.2, 0.25) is 5.91 Å². The van der Waals surface area contributed by atoms with Gasteiger partial charge in [-0.05, 0) is 43.7 Å². The van der Waals surface area contributed by atoms with Gasteiger partial charge >= 0.3 is 0 Å². The van der Waals surface area contributed by atoms with Gasteiger partial charge in [-0.25, -0.2) is 0 Å². The quantitative estimate of drug-likeness (QED) is 0.721. The maximum absolute atomic E-state index is 12.1. The molecule has 0 unspecified atom stereocenters. The maximum Gasteiger partial charge on any atom is 0.220 e. The molecule has 0 saturated heterocycles. The van der Waals surface area contributed by atoms with Crippen LogP contribution in [0.5, 0.6) is 11.5 Å². The fourth-order valence-corrected chi connectivity index (χ4v) is 2.50. The Morgan fingerprint density at radius 2 is 1.88 bits per heavy atom. The molecular weight excluding hydrogens is 326 g/mol. The van der Waals surface area contributed by atoms with Gasteiger partial charge in [0.25, 0.3) is 0 Å². The summed E-state index contributed by atoms with van der Waals surface area (Å²) in [6.07, 6.45) is 1.06. The zero-order chi connectivity index (χ0) is 17.4. The molecule has 0 radical (unpaired) electrons. The smallest absolute Gasteiger partial charge is 0.220 e. The van der Waals surface area contributed by atoms with Crippen LogP contribution in [0.4, 0.5) is 0 Å². The Morgan fingerprint density at radius 1 is 1.17 bits per heavy atom. The molecule has 0 saturated carbocycles. The van der Waals surface area contributed by atoms with E-state index in [2.05, 4.69) is 5.32 Å². The van der Waals surface area contributed by atoms with Gasteiger partial charge in [0.15, 0.2) is 0 Å². The zero-order valence-corrected chi connectivity index (χ0v) is 14.7. The van der Waals surface area contributed by atoms with Crippen molar-refractivity contribution < 1.29 is 14.3 Å². The largest absolute Gasteiger partial charge is 0.496 e. The van der Waals surface area contributed by atoms with Crippen LogP contribution in [0, 0.1) is 0 Å². The maximum atomic E-state index is 12.1. The molecule has 4 nitrogen and oxygen atoms in total. The number of rotatable bonds is 8. The molecule has 2 aromatic rings. The fourth-order valence-electron chi connectivity index (χ4n) is 2.37. The first-order valence-electron chi connectivity index (χ1n) is 7.91. The molecule has 1 amide bonds. The van der Waals surface area contributed by atoms with Crippen molar-refractivity contribution in [3.8, 4) is 11.5 Å². The van der Waals surface area contributed by atoms with E-state index < -0.39 is 0 Å². The number of carbonyl (C=O) groups excluding carboxylic acids is 1. The number of hydrogen-bond acceptors (Lipinski definition) is 3. The second-order valence-corrected chi connectivity index (χ2v) is 5.87. The van der Waals surface area contributed by atoms with Gasteiger partial charge in [0.05, 0.1) is 19.8 Å². The first-order valence-corrected chi connectivity index (χ1v) is 8.28. The molecule has 2 rings (SSSR count). The summed E-state index contributed by atoms with van der Waals surface area (Å²) in [6.45, 7) is 2.43. The minimum Gasteiger partial charge on any atom is -0.496 e. The van der Waals surface area contributed by atoms with Crippen LogP contribution in [-0.4, -0.2) is 19.6 Å². The van der Waals surface area contributed by atoms with Crippen molar-refractivity contribution in [2.75, 3.05) is 13.7 Å². The van der Waals surface area contributed by atoms with Gasteiger partial charge in [0.1, 0.15) is 11.5 Å². The van der Waals surface area contributed by atoms with Crippen molar-refractivity contribution in [1.29, 1.82) is 0 Å². The summed E-state index contributed by atoms with van der Waals surface area (Å²) in [5.74, 6) is 1.52. The highest BCUT2D eigenvalue weighted by atomic mass is 35.5. The van der Waals surface area contributed by atoms with E-state index in [4.69, 9.17) is 21.1 Å². The van der Waals surface area contributed by atoms with E-state index in [-0.39, 0.29) is 11.9 Å². The fraction of sp³-hybridized carbons (Fsp3) is 0.316. The lowest BCUT2D eigenvalue weighted by Gasteiger charge is -2.17. The third-order valence-corrected chi connectivity index (χ3v) is 3.87. The molecule has 1 atom stereocenters. The third-order valence-electron chi connectivity index (χ3n) is 3.61. The standard InChI is InChI=1S/C19H22ClNO3/c1-14(17-6-3-4-7-18(17)23-2)21-19(22)8-5-13-24-16-11-9-15(20)10-12-16/h3-4,6-7,9-12,14H,5,8,13H2,1-2H3,(H,21,22)/t14-/m0/s1. The molecule has 128 valence electrons. The van der Waals surface area contributed by atoms with E-state index in [0.717, 1.165) is 17.1 Å². The van der Waals surface area contributed by atoms with Gasteiger partial charge < -0.3 is 14.8 Å². The molecule has 0 spiro atoms. The molecule has 0 aromatic heterocycles. The number of hydrogen-bond donors (Lipinski definition) is 1. The molecule has 24 heavy (non-hydrogen) atoms. The predicted molar refractivity (Wildman–Crippen MR) is 95.7 cm³/mol. The molecule has 0 aliphatic carbocycles. The Labute approximate surface area is 147 Å². The van der Waals surface area contributed by atoms with E-state index in [1.165, 1.54) is 0 Å². The van der Waals surface area contributed by atoms with Crippen LogP contribution in [0.3, 0.4) is 0 Å². The van der Waals surface area contributed by atoms with Crippen molar-refractivity contribution in [2.24, 2.45) is 0 Å². The summed E-state index contributed by atoms with van der Waals surface area (Å²) in [4.78, 5) is 12.1. The van der Waals surface area contributed by atoms with E-state index in [1.54, 1.807) is 19.2 Å². The molecule has 1 N–H and O–H groups in total. The van der Waals surface area contributed by atoms with Crippen LogP contribution >= 0.6 is 11.6 Å². The zero-order valence-electron chi connectivity index (χ0n) is 13.9. The van der Waals surface area contributed by atoms with Crippen LogP contribution in [0.2, 0.25) is 5.02 Å². The summed E-state index contributed by atoms with van der Waals surface area (Å²) >= 11 is 5.82. The third kappa shape index (κ3) is 5.46. The highest BCUT2D eigenvalue weighted by Crippen LogP contribution is 2.24. The lowest BCUT2D eigenvalue weighted by atomic mass is 10.1. The van der Waals surface area contributed by atoms with Crippen molar-refractivity contribution in [2.45, 2.75) is 25.8 Å². The van der Waals surface area contributed by atoms with E-state index in [0.29, 0.717) is 24.5 Å². The van der Waals surface area contributed by atoms with Crippen LogP contribution < -0.4 is 14.8 Å². The van der Waals surface area contributed by atoms with Crippen LogP contribution in [0.25, 0.3) is 0 Å². The number of nitrogens with one attached hydrogen (secondary N) is 1. The number of para-hydroxylation sites is 1. The topological polar surface area (TPSA) is 47.6 Å². The van der Waals surface area contributed by atoms with Crippen LogP contribution in [-0.2, 0) is 4.79 Å². The number of ether oxygens (including phenoxy) is 2. The van der Waals surface area contributed by atoms with E-state index in [1.807, 2.05) is 43.3 Å². The van der Waals surface area contributed by atoms with Crippen molar-refractivity contribution >= 4 is 17.5 Å². The second kappa shape index (κ2) is 9.18. The van der Waals surface area contributed by atoms with Gasteiger partial charge in [-0.3, -0.25) is 4.79 Å². The number of methoxy groups -OCH3 is 1. The Balaban J connectivity index is 1.73. The van der Waals surface area contributed by atoms with E-state index >= 15 is 0 Å². The molecular formula is C19H22ClNO3. The van der Waals surface area contributed by atoms with Crippen molar-refractivity contribution in [3.63, 3.8) is 0 Å². The molecule has 0 fully saturated rings. The van der Waals surface area contributed by atoms with Crippen LogP contribution in [0.1, 0.15) is 31.4 Å². The molecule has 2 aromatic carbocycles. The summed E-state index contributed by atoms with van der Waals surface area (Å²) in [6, 6.07) is 14.7. The highest BCUT2D eigenvalue weighted by molar-refractivity contribution is 6.30. The SMILES string of the molecule is COc1ccccc1[C@H](C)NC(=O)CCCOc1ccc(Cl)cc1. The highest BCUT2D eigenvalue weighted by Gasteiger charge is 2.13. The molecule has 0 heterocycles. The summed E-state index contributed by atoms with van der Waals surface area (Å²) < 4.78 is 10.9. The summed E-state index contributed by atoms with van der Waals surface area (Å²) in [5.41, 5.74) is 0.964. The molecule has 0 aliphatic rings. The van der Waals surface area contributed by atoms with E-state index in [9.17, 15) is 4.79 Å². The van der Waals surface area contributed by atoms with Gasteiger partial charge in [-0.15, -0.1) is 0 Å². The lowest BCUT2D eigenvalue weighted by molar-refractivity contribution is -0.121. The Morgan fingerprint density at radius 3 is 2.58 bits per heavy atom. The Bertz CT molecular complexity index is 658. The summed E-state index contributed by atoms with van der Waals surface area (Å²) in [5, 5.41) is 3.66.